The maximum absolute atomic E-state index is 10.3. The van der Waals surface area contributed by atoms with Gasteiger partial charge in [-0.05, 0) is 118 Å². The normalized spacial score (nSPS) is 11.8. The first-order chi connectivity index (χ1) is 20.1. The van der Waals surface area contributed by atoms with E-state index in [0.29, 0.717) is 6.54 Å². The van der Waals surface area contributed by atoms with E-state index in [-0.39, 0.29) is 0 Å². The van der Waals surface area contributed by atoms with Crippen LogP contribution in [0.5, 0.6) is 0 Å². The van der Waals surface area contributed by atoms with Crippen molar-refractivity contribution < 1.29 is 5.11 Å². The third-order valence-electron chi connectivity index (χ3n) is 7.17. The minimum atomic E-state index is -0.851. The van der Waals surface area contributed by atoms with Gasteiger partial charge < -0.3 is 15.1 Å². The number of nitrogens with zero attached hydrogens (tertiary/aromatic N) is 4. The zero-order valence-electron chi connectivity index (χ0n) is 24.4. The van der Waals surface area contributed by atoms with Crippen LogP contribution in [0.25, 0.3) is 32.9 Å². The van der Waals surface area contributed by atoms with Gasteiger partial charge in [-0.2, -0.15) is 5.10 Å². The second kappa shape index (κ2) is 11.1. The van der Waals surface area contributed by atoms with E-state index in [4.69, 9.17) is 4.98 Å². The molecule has 6 rings (SSSR count). The van der Waals surface area contributed by atoms with Crippen molar-refractivity contribution in [3.63, 3.8) is 0 Å². The highest BCUT2D eigenvalue weighted by atomic mass is 32.2. The van der Waals surface area contributed by atoms with E-state index in [9.17, 15) is 5.11 Å². The van der Waals surface area contributed by atoms with Crippen LogP contribution >= 0.6 is 11.9 Å². The fourth-order valence-electron chi connectivity index (χ4n) is 5.30. The zero-order valence-corrected chi connectivity index (χ0v) is 25.3. The van der Waals surface area contributed by atoms with Crippen molar-refractivity contribution in [2.24, 2.45) is 0 Å². The molecule has 3 aromatic heterocycles. The third kappa shape index (κ3) is 5.95. The predicted molar refractivity (Wildman–Crippen MR) is 174 cm³/mol. The van der Waals surface area contributed by atoms with E-state index in [1.807, 2.05) is 29.3 Å². The molecule has 3 N–H and O–H groups in total. The Morgan fingerprint density at radius 3 is 2.33 bits per heavy atom. The van der Waals surface area contributed by atoms with E-state index in [2.05, 4.69) is 102 Å². The quantitative estimate of drug-likeness (QED) is 0.158. The van der Waals surface area contributed by atoms with Crippen LogP contribution < -0.4 is 10.0 Å². The molecule has 0 aliphatic heterocycles. The van der Waals surface area contributed by atoms with Crippen LogP contribution in [0.4, 0.5) is 17.2 Å². The topological polar surface area (TPSA) is 87.9 Å². The monoisotopic (exact) mass is 574 g/mol. The van der Waals surface area contributed by atoms with Gasteiger partial charge >= 0.3 is 0 Å². The van der Waals surface area contributed by atoms with Gasteiger partial charge in [-0.3, -0.25) is 9.67 Å². The first-order valence-corrected chi connectivity index (χ1v) is 14.8. The summed E-state index contributed by atoms with van der Waals surface area (Å²) in [7, 11) is 0. The molecule has 0 saturated carbocycles. The van der Waals surface area contributed by atoms with Crippen LogP contribution in [0, 0.1) is 20.8 Å². The SMILES string of the molecule is Cc1cc(C)cc(NSc2ccc(Nc3cc4c(-c5ccc6c(cnn6CC(C)(C)O)c5C)nccc4cn3)cc2)c1. The van der Waals surface area contributed by atoms with Crippen molar-refractivity contribution in [3.8, 4) is 11.3 Å². The van der Waals surface area contributed by atoms with Crippen molar-refractivity contribution in [2.75, 3.05) is 10.0 Å². The molecule has 0 aliphatic carbocycles. The number of benzene rings is 3. The van der Waals surface area contributed by atoms with Gasteiger partial charge in [0, 0.05) is 50.4 Å². The molecule has 0 saturated heterocycles. The minimum Gasteiger partial charge on any atom is -0.389 e. The smallest absolute Gasteiger partial charge is 0.130 e. The van der Waals surface area contributed by atoms with E-state index in [1.165, 1.54) is 11.1 Å². The van der Waals surface area contributed by atoms with E-state index in [0.717, 1.165) is 60.6 Å². The number of hydrogen-bond donors (Lipinski definition) is 3. The minimum absolute atomic E-state index is 0.422. The highest BCUT2D eigenvalue weighted by Crippen LogP contribution is 2.34. The largest absolute Gasteiger partial charge is 0.389 e. The van der Waals surface area contributed by atoms with Crippen LogP contribution in [0.3, 0.4) is 0 Å². The lowest BCUT2D eigenvalue weighted by atomic mass is 9.98. The number of aliphatic hydroxyl groups is 1. The molecule has 0 radical (unpaired) electrons. The molecule has 0 spiro atoms. The number of rotatable bonds is 8. The Kier molecular flexibility index (Phi) is 7.35. The molecule has 42 heavy (non-hydrogen) atoms. The van der Waals surface area contributed by atoms with Gasteiger partial charge in [0.15, 0.2) is 0 Å². The van der Waals surface area contributed by atoms with Crippen LogP contribution in [-0.2, 0) is 6.54 Å². The average molecular weight is 575 g/mol. The number of pyridine rings is 2. The maximum Gasteiger partial charge on any atom is 0.130 e. The molecule has 3 heterocycles. The Labute approximate surface area is 250 Å². The second-order valence-electron chi connectivity index (χ2n) is 11.5. The van der Waals surface area contributed by atoms with Gasteiger partial charge in [0.05, 0.1) is 29.6 Å². The average Bonchev–Trinajstić information content (AvgIpc) is 3.34. The summed E-state index contributed by atoms with van der Waals surface area (Å²) in [6.07, 6.45) is 5.59. The summed E-state index contributed by atoms with van der Waals surface area (Å²) in [5, 5.41) is 21.4. The van der Waals surface area contributed by atoms with E-state index >= 15 is 0 Å². The number of aromatic nitrogens is 4. The zero-order chi connectivity index (χ0) is 29.4. The summed E-state index contributed by atoms with van der Waals surface area (Å²) in [5.74, 6) is 0.752. The molecule has 0 unspecified atom stereocenters. The maximum atomic E-state index is 10.3. The van der Waals surface area contributed by atoms with Crippen molar-refractivity contribution in [1.82, 2.24) is 19.7 Å². The lowest BCUT2D eigenvalue weighted by molar-refractivity contribution is 0.0591. The van der Waals surface area contributed by atoms with E-state index < -0.39 is 5.60 Å². The van der Waals surface area contributed by atoms with Gasteiger partial charge in [-0.1, -0.05) is 12.1 Å². The van der Waals surface area contributed by atoms with Gasteiger partial charge in [0.1, 0.15) is 5.82 Å². The molecule has 0 amide bonds. The van der Waals surface area contributed by atoms with Crippen LogP contribution in [0.1, 0.15) is 30.5 Å². The third-order valence-corrected chi connectivity index (χ3v) is 8.02. The molecular weight excluding hydrogens is 540 g/mol. The fourth-order valence-corrected chi connectivity index (χ4v) is 5.92. The summed E-state index contributed by atoms with van der Waals surface area (Å²) < 4.78 is 5.30. The van der Waals surface area contributed by atoms with Crippen LogP contribution in [-0.4, -0.2) is 30.5 Å². The Balaban J connectivity index is 1.24. The molecule has 0 fully saturated rings. The van der Waals surface area contributed by atoms with E-state index in [1.54, 1.807) is 25.8 Å². The summed E-state index contributed by atoms with van der Waals surface area (Å²) >= 11 is 1.59. The highest BCUT2D eigenvalue weighted by Gasteiger charge is 2.18. The van der Waals surface area contributed by atoms with Gasteiger partial charge in [0.2, 0.25) is 0 Å². The molecule has 7 nitrogen and oxygen atoms in total. The molecule has 212 valence electrons. The summed E-state index contributed by atoms with van der Waals surface area (Å²) in [6.45, 7) is 10.3. The van der Waals surface area contributed by atoms with Crippen LogP contribution in [0.2, 0.25) is 0 Å². The highest BCUT2D eigenvalue weighted by molar-refractivity contribution is 8.00. The van der Waals surface area contributed by atoms with Crippen LogP contribution in [0.15, 0.2) is 90.2 Å². The second-order valence-corrected chi connectivity index (χ2v) is 12.3. The number of hydrogen-bond acceptors (Lipinski definition) is 7. The van der Waals surface area contributed by atoms with Crippen molar-refractivity contribution in [1.29, 1.82) is 0 Å². The van der Waals surface area contributed by atoms with Gasteiger partial charge in [0.25, 0.3) is 0 Å². The lowest BCUT2D eigenvalue weighted by Gasteiger charge is -2.18. The Bertz CT molecular complexity index is 1890. The summed E-state index contributed by atoms with van der Waals surface area (Å²) in [6, 6.07) is 23.0. The van der Waals surface area contributed by atoms with Crippen molar-refractivity contribution in [3.05, 3.63) is 102 Å². The molecule has 0 aliphatic rings. The van der Waals surface area contributed by atoms with Crippen molar-refractivity contribution in [2.45, 2.75) is 51.7 Å². The van der Waals surface area contributed by atoms with Crippen molar-refractivity contribution >= 4 is 50.8 Å². The number of anilines is 3. The first-order valence-electron chi connectivity index (χ1n) is 13.9. The number of aryl methyl sites for hydroxylation is 3. The molecular formula is C34H34N6OS. The van der Waals surface area contributed by atoms with Gasteiger partial charge in [-0.25, -0.2) is 4.98 Å². The molecule has 8 heteroatoms. The number of nitrogens with one attached hydrogen (secondary N) is 2. The Morgan fingerprint density at radius 2 is 1.60 bits per heavy atom. The molecule has 0 atom stereocenters. The molecule has 6 aromatic rings. The Morgan fingerprint density at radius 1 is 0.833 bits per heavy atom. The summed E-state index contributed by atoms with van der Waals surface area (Å²) in [5.41, 5.74) is 7.73. The van der Waals surface area contributed by atoms with Gasteiger partial charge in [-0.15, -0.1) is 0 Å². The molecule has 0 bridgehead atoms. The fraction of sp³-hybridized carbons (Fsp3) is 0.206. The molecule has 3 aromatic carbocycles. The standard InChI is InChI=1S/C34H34N6OS/c1-21-14-22(2)16-26(15-21)39-42-27-8-6-25(7-9-27)38-32-17-29-24(18-36-32)12-13-35-33(29)28-10-11-31-30(23(28)3)19-37-40(31)20-34(4,5)41/h6-19,39,41H,20H2,1-5H3,(H,36,38). The lowest BCUT2D eigenvalue weighted by Crippen LogP contribution is -2.26. The predicted octanol–water partition coefficient (Wildman–Crippen LogP) is 8.21. The first kappa shape index (κ1) is 27.8. The Hall–Kier alpha value is -4.40. The summed E-state index contributed by atoms with van der Waals surface area (Å²) in [4.78, 5) is 10.6. The number of fused-ring (bicyclic) bond motifs is 2.